The van der Waals surface area contributed by atoms with Gasteiger partial charge in [-0.2, -0.15) is 8.78 Å². The van der Waals surface area contributed by atoms with Gasteiger partial charge in [-0.15, -0.1) is 0 Å². The molecule has 1 aliphatic heterocycles. The number of piperazine rings is 1. The Bertz CT molecular complexity index is 177. The summed E-state index contributed by atoms with van der Waals surface area (Å²) in [6, 6.07) is -1.10. The van der Waals surface area contributed by atoms with Gasteiger partial charge in [-0.05, 0) is 0 Å². The van der Waals surface area contributed by atoms with Crippen LogP contribution in [-0.2, 0) is 4.79 Å². The average molecular weight is 180 g/mol. The molecule has 0 spiro atoms. The number of carboxylic acid groups (broad SMARTS) is 1. The molecule has 0 radical (unpaired) electrons. The van der Waals surface area contributed by atoms with Crippen molar-refractivity contribution in [1.29, 1.82) is 0 Å². The van der Waals surface area contributed by atoms with Gasteiger partial charge in [-0.3, -0.25) is 4.79 Å². The number of aliphatic carboxylic acids is 1. The molecular formula is C6H10F2N2O2. The molecule has 0 aliphatic carbocycles. The minimum atomic E-state index is -2.69. The maximum Gasteiger partial charge on any atom is 0.322 e. The minimum Gasteiger partial charge on any atom is -0.480 e. The topological polar surface area (TPSA) is 52.6 Å². The quantitative estimate of drug-likeness (QED) is 0.566. The second-order valence-electron chi connectivity index (χ2n) is 2.57. The van der Waals surface area contributed by atoms with Crippen molar-refractivity contribution in [1.82, 2.24) is 10.2 Å². The molecule has 1 rings (SSSR count). The van der Waals surface area contributed by atoms with Crippen molar-refractivity contribution < 1.29 is 18.7 Å². The summed E-state index contributed by atoms with van der Waals surface area (Å²) in [5.74, 6) is -1.21. The molecule has 1 aliphatic rings. The van der Waals surface area contributed by atoms with E-state index in [1.165, 1.54) is 0 Å². The van der Waals surface area contributed by atoms with Crippen LogP contribution >= 0.6 is 0 Å². The summed E-state index contributed by atoms with van der Waals surface area (Å²) in [7, 11) is 0. The van der Waals surface area contributed by atoms with Gasteiger partial charge in [0, 0.05) is 19.6 Å². The number of halogens is 2. The molecule has 70 valence electrons. The van der Waals surface area contributed by atoms with E-state index in [1.807, 2.05) is 0 Å². The number of hydrogen-bond donors (Lipinski definition) is 2. The molecule has 4 nitrogen and oxygen atoms in total. The fourth-order valence-corrected chi connectivity index (χ4v) is 1.18. The number of alkyl halides is 2. The van der Waals surface area contributed by atoms with Crippen LogP contribution in [0.1, 0.15) is 0 Å². The normalized spacial score (nSPS) is 26.1. The minimum absolute atomic E-state index is 0.0780. The number of carbonyl (C=O) groups is 1. The summed E-state index contributed by atoms with van der Waals surface area (Å²) in [6.07, 6.45) is 0. The van der Waals surface area contributed by atoms with Crippen molar-refractivity contribution in [3.63, 3.8) is 0 Å². The van der Waals surface area contributed by atoms with Gasteiger partial charge in [0.05, 0.1) is 0 Å². The van der Waals surface area contributed by atoms with E-state index in [0.717, 1.165) is 0 Å². The molecular weight excluding hydrogens is 170 g/mol. The first-order chi connectivity index (χ1) is 5.63. The summed E-state index contributed by atoms with van der Waals surface area (Å²) in [6.45, 7) is -2.12. The lowest BCUT2D eigenvalue weighted by Gasteiger charge is -2.32. The molecule has 1 fully saturated rings. The molecule has 0 aromatic heterocycles. The van der Waals surface area contributed by atoms with Crippen LogP contribution in [0.3, 0.4) is 0 Å². The van der Waals surface area contributed by atoms with Crippen LogP contribution < -0.4 is 5.32 Å². The number of carboxylic acids is 1. The van der Waals surface area contributed by atoms with Crippen molar-refractivity contribution in [3.05, 3.63) is 0 Å². The Morgan fingerprint density at radius 2 is 2.33 bits per heavy atom. The van der Waals surface area contributed by atoms with Gasteiger partial charge in [-0.1, -0.05) is 0 Å². The maximum absolute atomic E-state index is 12.2. The van der Waals surface area contributed by atoms with Crippen molar-refractivity contribution in [2.75, 3.05) is 19.6 Å². The standard InChI is InChI=1S/C6H10F2N2O2/c7-6(8)10-2-1-9-3-4(10)5(11)12/h4,6,9H,1-3H2,(H,11,12). The highest BCUT2D eigenvalue weighted by Gasteiger charge is 2.33. The Balaban J connectivity index is 2.60. The maximum atomic E-state index is 12.2. The molecule has 1 heterocycles. The van der Waals surface area contributed by atoms with E-state index >= 15 is 0 Å². The summed E-state index contributed by atoms with van der Waals surface area (Å²) in [4.78, 5) is 11.1. The fraction of sp³-hybridized carbons (Fsp3) is 0.833. The Hall–Kier alpha value is -0.750. The van der Waals surface area contributed by atoms with Crippen LogP contribution in [0, 0.1) is 0 Å². The predicted octanol–water partition coefficient (Wildman–Crippen LogP) is -0.433. The second kappa shape index (κ2) is 3.77. The third-order valence-corrected chi connectivity index (χ3v) is 1.82. The summed E-state index contributed by atoms with van der Waals surface area (Å²) in [5, 5.41) is 11.3. The zero-order valence-electron chi connectivity index (χ0n) is 6.33. The molecule has 0 bridgehead atoms. The predicted molar refractivity (Wildman–Crippen MR) is 37.0 cm³/mol. The molecule has 2 N–H and O–H groups in total. The van der Waals surface area contributed by atoms with E-state index in [0.29, 0.717) is 11.4 Å². The lowest BCUT2D eigenvalue weighted by Crippen LogP contribution is -2.56. The SMILES string of the molecule is O=C(O)C1CNCCN1C(F)F. The van der Waals surface area contributed by atoms with E-state index in [4.69, 9.17) is 5.11 Å². The number of hydrogen-bond acceptors (Lipinski definition) is 3. The number of nitrogens with zero attached hydrogens (tertiary/aromatic N) is 1. The zero-order chi connectivity index (χ0) is 9.14. The van der Waals surface area contributed by atoms with E-state index in [-0.39, 0.29) is 13.1 Å². The van der Waals surface area contributed by atoms with Gasteiger partial charge in [0.25, 0.3) is 6.55 Å². The van der Waals surface area contributed by atoms with Gasteiger partial charge in [0.1, 0.15) is 6.04 Å². The van der Waals surface area contributed by atoms with E-state index in [9.17, 15) is 13.6 Å². The first-order valence-corrected chi connectivity index (χ1v) is 3.60. The Labute approximate surface area is 68.2 Å². The molecule has 0 amide bonds. The van der Waals surface area contributed by atoms with Crippen LogP contribution in [0.4, 0.5) is 8.78 Å². The van der Waals surface area contributed by atoms with E-state index in [2.05, 4.69) is 5.32 Å². The average Bonchev–Trinajstić information content (AvgIpc) is 2.04. The molecule has 0 aromatic carbocycles. The molecule has 6 heteroatoms. The van der Waals surface area contributed by atoms with Crippen molar-refractivity contribution in [2.45, 2.75) is 12.6 Å². The molecule has 0 aromatic rings. The summed E-state index contributed by atoms with van der Waals surface area (Å²) in [5.41, 5.74) is 0. The van der Waals surface area contributed by atoms with Crippen molar-refractivity contribution in [2.24, 2.45) is 0 Å². The van der Waals surface area contributed by atoms with Crippen molar-refractivity contribution in [3.8, 4) is 0 Å². The monoisotopic (exact) mass is 180 g/mol. The highest BCUT2D eigenvalue weighted by molar-refractivity contribution is 5.73. The highest BCUT2D eigenvalue weighted by atomic mass is 19.3. The zero-order valence-corrected chi connectivity index (χ0v) is 6.33. The molecule has 12 heavy (non-hydrogen) atoms. The first kappa shape index (κ1) is 9.34. The van der Waals surface area contributed by atoms with Crippen LogP contribution in [0.5, 0.6) is 0 Å². The van der Waals surface area contributed by atoms with E-state index in [1.54, 1.807) is 0 Å². The van der Waals surface area contributed by atoms with Gasteiger partial charge in [0.15, 0.2) is 0 Å². The van der Waals surface area contributed by atoms with Gasteiger partial charge in [0.2, 0.25) is 0 Å². The van der Waals surface area contributed by atoms with E-state index < -0.39 is 18.6 Å². The van der Waals surface area contributed by atoms with Crippen molar-refractivity contribution >= 4 is 5.97 Å². The number of nitrogens with one attached hydrogen (secondary N) is 1. The smallest absolute Gasteiger partial charge is 0.322 e. The van der Waals surface area contributed by atoms with Crippen LogP contribution in [-0.4, -0.2) is 48.2 Å². The Kier molecular flexibility index (Phi) is 2.93. The van der Waals surface area contributed by atoms with Gasteiger partial charge >= 0.3 is 5.97 Å². The molecule has 0 saturated carbocycles. The second-order valence-corrected chi connectivity index (χ2v) is 2.57. The summed E-state index contributed by atoms with van der Waals surface area (Å²) < 4.78 is 24.3. The van der Waals surface area contributed by atoms with Crippen LogP contribution in [0.25, 0.3) is 0 Å². The number of rotatable bonds is 2. The first-order valence-electron chi connectivity index (χ1n) is 3.60. The lowest BCUT2D eigenvalue weighted by molar-refractivity contribution is -0.152. The largest absolute Gasteiger partial charge is 0.480 e. The van der Waals surface area contributed by atoms with Crippen LogP contribution in [0.2, 0.25) is 0 Å². The van der Waals surface area contributed by atoms with Gasteiger partial charge < -0.3 is 10.4 Å². The molecule has 1 unspecified atom stereocenters. The molecule has 1 atom stereocenters. The lowest BCUT2D eigenvalue weighted by atomic mass is 10.2. The third-order valence-electron chi connectivity index (χ3n) is 1.82. The Morgan fingerprint density at radius 3 is 2.75 bits per heavy atom. The summed E-state index contributed by atoms with van der Waals surface area (Å²) >= 11 is 0. The van der Waals surface area contributed by atoms with Gasteiger partial charge in [-0.25, -0.2) is 4.90 Å². The highest BCUT2D eigenvalue weighted by Crippen LogP contribution is 2.10. The Morgan fingerprint density at radius 1 is 1.67 bits per heavy atom. The fourth-order valence-electron chi connectivity index (χ4n) is 1.18. The molecule has 1 saturated heterocycles. The van der Waals surface area contributed by atoms with Crippen LogP contribution in [0.15, 0.2) is 0 Å². The third kappa shape index (κ3) is 1.89.